The van der Waals surface area contributed by atoms with Crippen LogP contribution in [0.25, 0.3) is 11.0 Å². The summed E-state index contributed by atoms with van der Waals surface area (Å²) in [4.78, 5) is 28.2. The van der Waals surface area contributed by atoms with Crippen LogP contribution in [0.2, 0.25) is 0 Å². The average molecular weight is 409 g/mol. The number of fused-ring (bicyclic) bond motifs is 1. The van der Waals surface area contributed by atoms with Crippen LogP contribution in [0, 0.1) is 11.6 Å². The Morgan fingerprint density at radius 1 is 1.03 bits per heavy atom. The number of rotatable bonds is 3. The van der Waals surface area contributed by atoms with E-state index in [0.29, 0.717) is 26.2 Å². The summed E-state index contributed by atoms with van der Waals surface area (Å²) in [5.74, 6) is -2.22. The lowest BCUT2D eigenvalue weighted by Gasteiger charge is -2.33. The Morgan fingerprint density at radius 3 is 2.63 bits per heavy atom. The summed E-state index contributed by atoms with van der Waals surface area (Å²) in [6.45, 7) is 2.70. The number of halogens is 2. The summed E-state index contributed by atoms with van der Waals surface area (Å²) in [5, 5.41) is 0. The number of hydrogen-bond acceptors (Lipinski definition) is 6. The van der Waals surface area contributed by atoms with E-state index in [9.17, 15) is 13.6 Å². The van der Waals surface area contributed by atoms with Crippen LogP contribution in [-0.2, 0) is 9.53 Å². The van der Waals surface area contributed by atoms with Crippen molar-refractivity contribution in [3.8, 4) is 0 Å². The molecule has 1 fully saturated rings. The van der Waals surface area contributed by atoms with Crippen molar-refractivity contribution >= 4 is 28.8 Å². The zero-order valence-electron chi connectivity index (χ0n) is 15.8. The second kappa shape index (κ2) is 7.25. The molecule has 0 amide bonds. The SMILES string of the molecule is O=C1OC(c2cccc(F)c2F)=N/C1=C/N1CCN(c2nc3ccccc3[nH]2)CC1. The van der Waals surface area contributed by atoms with Crippen molar-refractivity contribution in [2.24, 2.45) is 4.99 Å². The first-order valence-electron chi connectivity index (χ1n) is 9.49. The molecule has 3 heterocycles. The fourth-order valence-corrected chi connectivity index (χ4v) is 3.51. The summed E-state index contributed by atoms with van der Waals surface area (Å²) < 4.78 is 32.4. The van der Waals surface area contributed by atoms with E-state index in [4.69, 9.17) is 4.74 Å². The van der Waals surface area contributed by atoms with Gasteiger partial charge in [0.15, 0.2) is 17.3 Å². The van der Waals surface area contributed by atoms with E-state index in [0.717, 1.165) is 23.0 Å². The molecule has 5 rings (SSSR count). The number of imidazole rings is 1. The first-order chi connectivity index (χ1) is 14.6. The maximum atomic E-state index is 14.0. The van der Waals surface area contributed by atoms with Crippen LogP contribution in [0.15, 0.2) is 59.4 Å². The van der Waals surface area contributed by atoms with Gasteiger partial charge in [0.25, 0.3) is 0 Å². The lowest BCUT2D eigenvalue weighted by molar-refractivity contribution is -0.130. The number of benzene rings is 2. The number of carbonyl (C=O) groups excluding carboxylic acids is 1. The second-order valence-corrected chi connectivity index (χ2v) is 7.02. The molecular weight excluding hydrogens is 392 g/mol. The predicted octanol–water partition coefficient (Wildman–Crippen LogP) is 2.81. The van der Waals surface area contributed by atoms with Gasteiger partial charge in [-0.15, -0.1) is 0 Å². The van der Waals surface area contributed by atoms with Crippen molar-refractivity contribution in [3.63, 3.8) is 0 Å². The molecule has 30 heavy (non-hydrogen) atoms. The summed E-state index contributed by atoms with van der Waals surface area (Å²) >= 11 is 0. The minimum absolute atomic E-state index is 0.0610. The van der Waals surface area contributed by atoms with Gasteiger partial charge >= 0.3 is 5.97 Å². The molecule has 1 aromatic heterocycles. The highest BCUT2D eigenvalue weighted by atomic mass is 19.2. The first kappa shape index (κ1) is 18.3. The molecule has 1 saturated heterocycles. The van der Waals surface area contributed by atoms with Crippen molar-refractivity contribution in [3.05, 3.63) is 71.6 Å². The molecule has 0 bridgehead atoms. The lowest BCUT2D eigenvalue weighted by Crippen LogP contribution is -2.44. The quantitative estimate of drug-likeness (QED) is 0.532. The number of cyclic esters (lactones) is 1. The van der Waals surface area contributed by atoms with Gasteiger partial charge in [-0.3, -0.25) is 0 Å². The molecular formula is C21H17F2N5O2. The van der Waals surface area contributed by atoms with E-state index in [1.54, 1.807) is 6.20 Å². The van der Waals surface area contributed by atoms with E-state index in [1.165, 1.54) is 12.1 Å². The van der Waals surface area contributed by atoms with Gasteiger partial charge in [-0.05, 0) is 24.3 Å². The molecule has 7 nitrogen and oxygen atoms in total. The van der Waals surface area contributed by atoms with E-state index < -0.39 is 17.6 Å². The molecule has 2 aliphatic heterocycles. The van der Waals surface area contributed by atoms with Gasteiger partial charge in [0, 0.05) is 32.4 Å². The van der Waals surface area contributed by atoms with Crippen LogP contribution in [0.4, 0.5) is 14.7 Å². The third kappa shape index (κ3) is 3.28. The molecule has 0 aliphatic carbocycles. The molecule has 0 unspecified atom stereocenters. The van der Waals surface area contributed by atoms with Crippen molar-refractivity contribution < 1.29 is 18.3 Å². The van der Waals surface area contributed by atoms with Gasteiger partial charge in [0.2, 0.25) is 11.8 Å². The Bertz CT molecular complexity index is 1160. The van der Waals surface area contributed by atoms with Crippen LogP contribution in [0.3, 0.4) is 0 Å². The number of aromatic amines is 1. The highest BCUT2D eigenvalue weighted by molar-refractivity contribution is 6.11. The van der Waals surface area contributed by atoms with Gasteiger partial charge in [-0.1, -0.05) is 18.2 Å². The molecule has 2 aliphatic rings. The van der Waals surface area contributed by atoms with E-state index >= 15 is 0 Å². The maximum Gasteiger partial charge on any atom is 0.365 e. The Hall–Kier alpha value is -3.75. The van der Waals surface area contributed by atoms with Crippen molar-refractivity contribution in [1.82, 2.24) is 14.9 Å². The number of hydrogen-bond donors (Lipinski definition) is 1. The van der Waals surface area contributed by atoms with E-state index in [-0.39, 0.29) is 17.2 Å². The summed E-state index contributed by atoms with van der Waals surface area (Å²) in [6.07, 6.45) is 1.60. The topological polar surface area (TPSA) is 73.8 Å². The number of nitrogens with zero attached hydrogens (tertiary/aromatic N) is 4. The van der Waals surface area contributed by atoms with Gasteiger partial charge in [0.05, 0.1) is 16.6 Å². The average Bonchev–Trinajstić information content (AvgIpc) is 3.34. The smallest absolute Gasteiger partial charge is 0.365 e. The Labute approximate surface area is 170 Å². The van der Waals surface area contributed by atoms with Crippen molar-refractivity contribution in [2.45, 2.75) is 0 Å². The minimum atomic E-state index is -1.09. The zero-order chi connectivity index (χ0) is 20.7. The molecule has 0 atom stereocenters. The van der Waals surface area contributed by atoms with Crippen molar-refractivity contribution in [1.29, 1.82) is 0 Å². The number of piperazine rings is 1. The Balaban J connectivity index is 1.29. The number of anilines is 1. The summed E-state index contributed by atoms with van der Waals surface area (Å²) in [6, 6.07) is 11.5. The summed E-state index contributed by atoms with van der Waals surface area (Å²) in [5.41, 5.74) is 1.78. The largest absolute Gasteiger partial charge is 0.402 e. The van der Waals surface area contributed by atoms with Crippen LogP contribution in [0.1, 0.15) is 5.56 Å². The Kier molecular flexibility index (Phi) is 4.42. The summed E-state index contributed by atoms with van der Waals surface area (Å²) in [7, 11) is 0. The van der Waals surface area contributed by atoms with Gasteiger partial charge < -0.3 is 19.5 Å². The van der Waals surface area contributed by atoms with Crippen LogP contribution in [0.5, 0.6) is 0 Å². The van der Waals surface area contributed by atoms with Crippen molar-refractivity contribution in [2.75, 3.05) is 31.1 Å². The van der Waals surface area contributed by atoms with E-state index in [2.05, 4.69) is 19.9 Å². The van der Waals surface area contributed by atoms with E-state index in [1.807, 2.05) is 29.2 Å². The normalized spacial score (nSPS) is 18.3. The number of carbonyl (C=O) groups is 1. The standard InChI is InChI=1S/C21H17F2N5O2/c22-14-5-3-4-13(18(14)23)19-24-17(20(29)30-19)12-27-8-10-28(11-9-27)21-25-15-6-1-2-7-16(15)26-21/h1-7,12H,8-11H2,(H,25,26)/b17-12+. The lowest BCUT2D eigenvalue weighted by atomic mass is 10.2. The number of H-pyrrole nitrogens is 1. The number of esters is 1. The fourth-order valence-electron chi connectivity index (χ4n) is 3.51. The third-order valence-electron chi connectivity index (χ3n) is 5.10. The number of nitrogens with one attached hydrogen (secondary N) is 1. The van der Waals surface area contributed by atoms with Gasteiger partial charge in [-0.25, -0.2) is 23.6 Å². The highest BCUT2D eigenvalue weighted by Crippen LogP contribution is 2.22. The molecule has 1 N–H and O–H groups in total. The molecule has 152 valence electrons. The minimum Gasteiger partial charge on any atom is -0.402 e. The first-order valence-corrected chi connectivity index (χ1v) is 9.49. The highest BCUT2D eigenvalue weighted by Gasteiger charge is 2.28. The number of aromatic nitrogens is 2. The number of para-hydroxylation sites is 2. The fraction of sp³-hybridized carbons (Fsp3) is 0.190. The number of ether oxygens (including phenoxy) is 1. The van der Waals surface area contributed by atoms with Crippen LogP contribution >= 0.6 is 0 Å². The zero-order valence-corrected chi connectivity index (χ0v) is 15.8. The van der Waals surface area contributed by atoms with Crippen LogP contribution < -0.4 is 4.90 Å². The third-order valence-corrected chi connectivity index (χ3v) is 5.10. The molecule has 0 radical (unpaired) electrons. The molecule has 2 aromatic carbocycles. The Morgan fingerprint density at radius 2 is 1.83 bits per heavy atom. The monoisotopic (exact) mass is 409 g/mol. The predicted molar refractivity (Wildman–Crippen MR) is 107 cm³/mol. The molecule has 0 spiro atoms. The number of aliphatic imine (C=N–C) groups is 1. The molecule has 9 heteroatoms. The second-order valence-electron chi connectivity index (χ2n) is 7.02. The van der Waals surface area contributed by atoms with Gasteiger partial charge in [-0.2, -0.15) is 0 Å². The molecule has 3 aromatic rings. The van der Waals surface area contributed by atoms with Crippen LogP contribution in [-0.4, -0.2) is 52.9 Å². The molecule has 0 saturated carbocycles. The maximum absolute atomic E-state index is 14.0. The van der Waals surface area contributed by atoms with Gasteiger partial charge in [0.1, 0.15) is 0 Å².